The summed E-state index contributed by atoms with van der Waals surface area (Å²) in [7, 11) is 0. The van der Waals surface area contributed by atoms with Crippen molar-refractivity contribution >= 4 is 87.2 Å². The Morgan fingerprint density at radius 1 is 0.300 bits per heavy atom. The molecule has 10 aromatic carbocycles. The molecule has 0 N–H and O–H groups in total. The van der Waals surface area contributed by atoms with Gasteiger partial charge in [-0.2, -0.15) is 13.2 Å². The Morgan fingerprint density at radius 2 is 0.614 bits per heavy atom. The van der Waals surface area contributed by atoms with Gasteiger partial charge in [-0.05, 0) is 78.4 Å². The van der Waals surface area contributed by atoms with E-state index in [2.05, 4.69) is 9.13 Å². The fourth-order valence-corrected chi connectivity index (χ4v) is 11.4. The van der Waals surface area contributed by atoms with Crippen molar-refractivity contribution in [3.63, 3.8) is 0 Å². The standard InChI is InChI=1S/C61H35F5N4/c62-47-24-15-25-48(63)55(47)36-34-53(69-51-28-13-9-22-41(51)45-32-30-43-39-20-7-11-26-49(39)67(57(43)59(45)69)37-16-3-1-4-17-37)56(61(64,65)66)54(35-36)70-52-29-14-10-23-42(52)46-33-31-44-40-21-8-12-27-50(40)68(58(44)60(46)70)38-18-5-2-6-19-38/h1-35H. The van der Waals surface area contributed by atoms with Gasteiger partial charge in [0.25, 0.3) is 0 Å². The van der Waals surface area contributed by atoms with Crippen LogP contribution in [0.15, 0.2) is 212 Å². The number of halogens is 5. The molecule has 4 aromatic heterocycles. The first kappa shape index (κ1) is 40.1. The van der Waals surface area contributed by atoms with Crippen molar-refractivity contribution in [1.29, 1.82) is 0 Å². The van der Waals surface area contributed by atoms with Crippen molar-refractivity contribution in [2.45, 2.75) is 6.18 Å². The van der Waals surface area contributed by atoms with Gasteiger partial charge >= 0.3 is 6.18 Å². The quantitative estimate of drug-likeness (QED) is 0.153. The highest BCUT2D eigenvalue weighted by Crippen LogP contribution is 2.50. The lowest BCUT2D eigenvalue weighted by atomic mass is 9.98. The Bertz CT molecular complexity index is 4210. The Kier molecular flexibility index (Phi) is 8.47. The van der Waals surface area contributed by atoms with E-state index in [0.717, 1.165) is 56.1 Å². The molecular weight excluding hydrogens is 884 g/mol. The van der Waals surface area contributed by atoms with Crippen LogP contribution in [0.4, 0.5) is 22.0 Å². The van der Waals surface area contributed by atoms with Crippen molar-refractivity contribution in [2.24, 2.45) is 0 Å². The van der Waals surface area contributed by atoms with Gasteiger partial charge in [0.2, 0.25) is 0 Å². The second kappa shape index (κ2) is 14.8. The molecule has 0 bridgehead atoms. The Morgan fingerprint density at radius 3 is 0.971 bits per heavy atom. The fourth-order valence-electron chi connectivity index (χ4n) is 11.4. The Balaban J connectivity index is 1.24. The summed E-state index contributed by atoms with van der Waals surface area (Å²) in [6, 6.07) is 64.4. The molecule has 0 aliphatic heterocycles. The fraction of sp³-hybridized carbons (Fsp3) is 0.0164. The molecule has 0 fully saturated rings. The monoisotopic (exact) mass is 918 g/mol. The summed E-state index contributed by atoms with van der Waals surface area (Å²) in [5.41, 5.74) is 4.71. The molecule has 14 aromatic rings. The van der Waals surface area contributed by atoms with Crippen LogP contribution in [-0.4, -0.2) is 18.3 Å². The number of fused-ring (bicyclic) bond motifs is 14. The molecule has 0 unspecified atom stereocenters. The van der Waals surface area contributed by atoms with Crippen LogP contribution < -0.4 is 0 Å². The predicted molar refractivity (Wildman–Crippen MR) is 274 cm³/mol. The summed E-state index contributed by atoms with van der Waals surface area (Å²) in [6.45, 7) is 0. The third-order valence-corrected chi connectivity index (χ3v) is 14.1. The topological polar surface area (TPSA) is 19.7 Å². The molecule has 70 heavy (non-hydrogen) atoms. The first-order valence-corrected chi connectivity index (χ1v) is 23.0. The lowest BCUT2D eigenvalue weighted by Crippen LogP contribution is -2.16. The number of alkyl halides is 3. The van der Waals surface area contributed by atoms with Gasteiger partial charge in [-0.3, -0.25) is 0 Å². The van der Waals surface area contributed by atoms with Crippen LogP contribution >= 0.6 is 0 Å². The molecule has 14 rings (SSSR count). The Hall–Kier alpha value is -8.95. The highest BCUT2D eigenvalue weighted by Gasteiger charge is 2.40. The van der Waals surface area contributed by atoms with Crippen molar-refractivity contribution in [2.75, 3.05) is 0 Å². The van der Waals surface area contributed by atoms with Gasteiger partial charge in [0.1, 0.15) is 17.2 Å². The molecule has 0 atom stereocenters. The summed E-state index contributed by atoms with van der Waals surface area (Å²) in [5.74, 6) is -1.81. The third-order valence-electron chi connectivity index (χ3n) is 14.1. The Labute approximate surface area is 395 Å². The van der Waals surface area contributed by atoms with Gasteiger partial charge in [0.05, 0.1) is 61.1 Å². The number of nitrogens with zero attached hydrogens (tertiary/aromatic N) is 4. The zero-order chi connectivity index (χ0) is 47.0. The van der Waals surface area contributed by atoms with Gasteiger partial charge in [0.15, 0.2) is 0 Å². The highest BCUT2D eigenvalue weighted by atomic mass is 19.4. The van der Waals surface area contributed by atoms with Crippen LogP contribution in [0.5, 0.6) is 0 Å². The maximum Gasteiger partial charge on any atom is 0.420 e. The summed E-state index contributed by atoms with van der Waals surface area (Å²) in [5, 5.41) is 6.36. The van der Waals surface area contributed by atoms with Crippen LogP contribution in [0.2, 0.25) is 0 Å². The minimum Gasteiger partial charge on any atom is -0.307 e. The molecule has 4 heterocycles. The first-order chi connectivity index (χ1) is 34.3. The van der Waals surface area contributed by atoms with E-state index >= 15 is 22.0 Å². The molecule has 0 saturated carbocycles. The number of rotatable bonds is 5. The van der Waals surface area contributed by atoms with Crippen LogP contribution in [0.25, 0.3) is 121 Å². The number of aromatic nitrogens is 4. The molecular formula is C61H35F5N4. The van der Waals surface area contributed by atoms with E-state index in [1.165, 1.54) is 18.2 Å². The minimum absolute atomic E-state index is 0.0583. The molecule has 0 aliphatic rings. The predicted octanol–water partition coefficient (Wildman–Crippen LogP) is 17.0. The molecule has 4 nitrogen and oxygen atoms in total. The van der Waals surface area contributed by atoms with E-state index in [1.807, 2.05) is 182 Å². The number of hydrogen-bond donors (Lipinski definition) is 0. The normalized spacial score (nSPS) is 12.4. The third kappa shape index (κ3) is 5.57. The molecule has 334 valence electrons. The molecule has 9 heteroatoms. The largest absolute Gasteiger partial charge is 0.420 e. The van der Waals surface area contributed by atoms with Gasteiger partial charge < -0.3 is 18.3 Å². The molecule has 0 amide bonds. The number of hydrogen-bond acceptors (Lipinski definition) is 0. The SMILES string of the molecule is Fc1cccc(F)c1-c1cc(-n2c3ccccc3c3ccc4c5ccccc5n(-c5ccccc5)c4c32)c(C(F)(F)F)c(-n2c3ccccc3c3ccc4c5ccccc5n(-c5ccccc5)c4c32)c1. The lowest BCUT2D eigenvalue weighted by Gasteiger charge is -2.24. The van der Waals surface area contributed by atoms with E-state index in [4.69, 9.17) is 0 Å². The van der Waals surface area contributed by atoms with E-state index in [1.54, 1.807) is 9.13 Å². The van der Waals surface area contributed by atoms with Crippen LogP contribution in [-0.2, 0) is 6.18 Å². The van der Waals surface area contributed by atoms with Crippen LogP contribution in [0.1, 0.15) is 5.56 Å². The molecule has 0 saturated heterocycles. The molecule has 0 spiro atoms. The number of para-hydroxylation sites is 6. The summed E-state index contributed by atoms with van der Waals surface area (Å²) < 4.78 is 92.3. The highest BCUT2D eigenvalue weighted by molar-refractivity contribution is 6.25. The average Bonchev–Trinajstić information content (AvgIpc) is 4.11. The lowest BCUT2D eigenvalue weighted by molar-refractivity contribution is -0.137. The zero-order valence-corrected chi connectivity index (χ0v) is 36.9. The molecule has 0 aliphatic carbocycles. The van der Waals surface area contributed by atoms with Crippen LogP contribution in [0.3, 0.4) is 0 Å². The minimum atomic E-state index is -5.04. The van der Waals surface area contributed by atoms with E-state index in [-0.39, 0.29) is 16.9 Å². The van der Waals surface area contributed by atoms with E-state index in [9.17, 15) is 0 Å². The number of benzene rings is 10. The summed E-state index contributed by atoms with van der Waals surface area (Å²) in [4.78, 5) is 0. The van der Waals surface area contributed by atoms with Gasteiger partial charge in [0, 0.05) is 54.5 Å². The summed E-state index contributed by atoms with van der Waals surface area (Å²) >= 11 is 0. The smallest absolute Gasteiger partial charge is 0.307 e. The van der Waals surface area contributed by atoms with E-state index in [0.29, 0.717) is 54.6 Å². The van der Waals surface area contributed by atoms with Crippen molar-refractivity contribution in [3.05, 3.63) is 230 Å². The second-order valence-electron chi connectivity index (χ2n) is 17.8. The maximum absolute atomic E-state index is 17.3. The van der Waals surface area contributed by atoms with E-state index < -0.39 is 28.9 Å². The van der Waals surface area contributed by atoms with Crippen LogP contribution in [0, 0.1) is 11.6 Å². The van der Waals surface area contributed by atoms with Crippen molar-refractivity contribution < 1.29 is 22.0 Å². The zero-order valence-electron chi connectivity index (χ0n) is 36.9. The van der Waals surface area contributed by atoms with Gasteiger partial charge in [-0.15, -0.1) is 0 Å². The maximum atomic E-state index is 17.3. The average molecular weight is 919 g/mol. The first-order valence-electron chi connectivity index (χ1n) is 23.0. The summed E-state index contributed by atoms with van der Waals surface area (Å²) in [6.07, 6.45) is -5.04. The second-order valence-corrected chi connectivity index (χ2v) is 17.8. The van der Waals surface area contributed by atoms with Gasteiger partial charge in [-0.25, -0.2) is 8.78 Å². The van der Waals surface area contributed by atoms with Crippen molar-refractivity contribution in [1.82, 2.24) is 18.3 Å². The van der Waals surface area contributed by atoms with Crippen molar-refractivity contribution in [3.8, 4) is 33.9 Å². The molecule has 0 radical (unpaired) electrons. The van der Waals surface area contributed by atoms with Gasteiger partial charge in [-0.1, -0.05) is 140 Å².